The smallest absolute Gasteiger partial charge is 0.152 e. The first kappa shape index (κ1) is 14.3. The lowest BCUT2D eigenvalue weighted by atomic mass is 10.1. The van der Waals surface area contributed by atoms with Crippen LogP contribution in [0.4, 0.5) is 5.69 Å². The van der Waals surface area contributed by atoms with Crippen molar-refractivity contribution in [3.8, 4) is 0 Å². The average Bonchev–Trinajstić information content (AvgIpc) is 2.27. The molecule has 1 fully saturated rings. The van der Waals surface area contributed by atoms with E-state index in [0.29, 0.717) is 10.7 Å². The minimum Gasteiger partial charge on any atom is -0.389 e. The van der Waals surface area contributed by atoms with Gasteiger partial charge in [-0.05, 0) is 43.5 Å². The third-order valence-electron chi connectivity index (χ3n) is 3.33. The van der Waals surface area contributed by atoms with Crippen molar-refractivity contribution in [2.45, 2.75) is 25.8 Å². The summed E-state index contributed by atoms with van der Waals surface area (Å²) in [6, 6.07) is 5.71. The molecule has 1 aromatic carbocycles. The number of anilines is 1. The van der Waals surface area contributed by atoms with Crippen molar-refractivity contribution in [3.05, 3.63) is 29.3 Å². The molecular formula is C13H18N2O2S2. The van der Waals surface area contributed by atoms with E-state index in [9.17, 15) is 8.42 Å². The number of thiocarbonyl (C=S) groups is 1. The first-order valence-corrected chi connectivity index (χ1v) is 8.48. The third-order valence-corrected chi connectivity index (χ3v) is 5.37. The quantitative estimate of drug-likeness (QED) is 0.830. The second-order valence-electron chi connectivity index (χ2n) is 4.99. The van der Waals surface area contributed by atoms with E-state index in [1.807, 2.05) is 25.1 Å². The van der Waals surface area contributed by atoms with Gasteiger partial charge in [-0.25, -0.2) is 8.42 Å². The van der Waals surface area contributed by atoms with Crippen LogP contribution in [0, 0.1) is 6.92 Å². The molecule has 0 spiro atoms. The molecule has 0 amide bonds. The molecule has 1 saturated heterocycles. The Morgan fingerprint density at radius 3 is 2.79 bits per heavy atom. The van der Waals surface area contributed by atoms with Crippen molar-refractivity contribution in [3.63, 3.8) is 0 Å². The highest BCUT2D eigenvalue weighted by atomic mass is 32.2. The number of hydrogen-bond donors (Lipinski definition) is 2. The van der Waals surface area contributed by atoms with Gasteiger partial charge in [0.25, 0.3) is 0 Å². The largest absolute Gasteiger partial charge is 0.389 e. The Morgan fingerprint density at radius 1 is 1.47 bits per heavy atom. The maximum Gasteiger partial charge on any atom is 0.152 e. The summed E-state index contributed by atoms with van der Waals surface area (Å²) in [7, 11) is -2.89. The van der Waals surface area contributed by atoms with Crippen molar-refractivity contribution in [2.24, 2.45) is 5.73 Å². The first-order valence-electron chi connectivity index (χ1n) is 6.25. The molecule has 0 radical (unpaired) electrons. The number of nitrogens with two attached hydrogens (primary N) is 1. The van der Waals surface area contributed by atoms with E-state index < -0.39 is 9.84 Å². The summed E-state index contributed by atoms with van der Waals surface area (Å²) in [6.07, 6.45) is 1.61. The van der Waals surface area contributed by atoms with Gasteiger partial charge in [0, 0.05) is 17.3 Å². The molecule has 1 aliphatic rings. The van der Waals surface area contributed by atoms with Gasteiger partial charge < -0.3 is 11.1 Å². The van der Waals surface area contributed by atoms with E-state index >= 15 is 0 Å². The van der Waals surface area contributed by atoms with Gasteiger partial charge in [-0.15, -0.1) is 0 Å². The number of nitrogens with one attached hydrogen (secondary N) is 1. The number of hydrogen-bond acceptors (Lipinski definition) is 4. The molecule has 1 unspecified atom stereocenters. The van der Waals surface area contributed by atoms with Crippen LogP contribution >= 0.6 is 12.2 Å². The zero-order valence-corrected chi connectivity index (χ0v) is 12.5. The monoisotopic (exact) mass is 298 g/mol. The molecule has 104 valence electrons. The molecule has 1 atom stereocenters. The van der Waals surface area contributed by atoms with Crippen molar-refractivity contribution in [1.82, 2.24) is 0 Å². The molecule has 0 bridgehead atoms. The fraction of sp³-hybridized carbons (Fsp3) is 0.462. The SMILES string of the molecule is Cc1cc(NC2CCCS(=O)(=O)C2)ccc1C(N)=S. The second kappa shape index (κ2) is 5.46. The maximum atomic E-state index is 11.6. The molecular weight excluding hydrogens is 280 g/mol. The standard InChI is InChI=1S/C13H18N2O2S2/c1-9-7-10(4-5-12(9)13(14)18)15-11-3-2-6-19(16,17)8-11/h4-5,7,11,15H,2-3,6,8H2,1H3,(H2,14,18). The fourth-order valence-corrected chi connectivity index (χ4v) is 4.27. The van der Waals surface area contributed by atoms with Gasteiger partial charge in [-0.3, -0.25) is 0 Å². The molecule has 0 saturated carbocycles. The van der Waals surface area contributed by atoms with Crippen molar-refractivity contribution in [2.75, 3.05) is 16.8 Å². The molecule has 0 aromatic heterocycles. The Hall–Kier alpha value is -1.14. The maximum absolute atomic E-state index is 11.6. The van der Waals surface area contributed by atoms with Crippen LogP contribution in [-0.2, 0) is 9.84 Å². The topological polar surface area (TPSA) is 72.2 Å². The summed E-state index contributed by atoms with van der Waals surface area (Å²) in [5.74, 6) is 0.522. The molecule has 6 heteroatoms. The molecule has 0 aliphatic carbocycles. The summed E-state index contributed by atoms with van der Waals surface area (Å²) in [5, 5.41) is 3.28. The number of aryl methyl sites for hydroxylation is 1. The number of benzene rings is 1. The minimum absolute atomic E-state index is 0.00571. The molecule has 2 rings (SSSR count). The van der Waals surface area contributed by atoms with Gasteiger partial charge in [0.1, 0.15) is 4.99 Å². The highest BCUT2D eigenvalue weighted by Gasteiger charge is 2.24. The Labute approximate surface area is 119 Å². The lowest BCUT2D eigenvalue weighted by Crippen LogP contribution is -2.34. The van der Waals surface area contributed by atoms with Crippen LogP contribution in [0.25, 0.3) is 0 Å². The van der Waals surface area contributed by atoms with E-state index in [4.69, 9.17) is 18.0 Å². The van der Waals surface area contributed by atoms with Crippen LogP contribution in [0.3, 0.4) is 0 Å². The van der Waals surface area contributed by atoms with E-state index in [-0.39, 0.29) is 11.8 Å². The van der Waals surface area contributed by atoms with Gasteiger partial charge in [0.15, 0.2) is 9.84 Å². The molecule has 1 aromatic rings. The van der Waals surface area contributed by atoms with Gasteiger partial charge in [0.05, 0.1) is 11.5 Å². The van der Waals surface area contributed by atoms with Gasteiger partial charge in [-0.2, -0.15) is 0 Å². The van der Waals surface area contributed by atoms with Crippen molar-refractivity contribution >= 4 is 32.7 Å². The number of rotatable bonds is 3. The zero-order chi connectivity index (χ0) is 14.0. The normalized spacial score (nSPS) is 21.8. The highest BCUT2D eigenvalue weighted by Crippen LogP contribution is 2.20. The van der Waals surface area contributed by atoms with Crippen LogP contribution in [0.15, 0.2) is 18.2 Å². The Morgan fingerprint density at radius 2 is 2.21 bits per heavy atom. The fourth-order valence-electron chi connectivity index (χ4n) is 2.40. The molecule has 1 heterocycles. The molecule has 1 aliphatic heterocycles. The van der Waals surface area contributed by atoms with Gasteiger partial charge in [0.2, 0.25) is 0 Å². The summed E-state index contributed by atoms with van der Waals surface area (Å²) >= 11 is 4.96. The highest BCUT2D eigenvalue weighted by molar-refractivity contribution is 7.91. The number of sulfone groups is 1. The van der Waals surface area contributed by atoms with Gasteiger partial charge in [-0.1, -0.05) is 12.2 Å². The van der Waals surface area contributed by atoms with Crippen LogP contribution in [0.2, 0.25) is 0 Å². The van der Waals surface area contributed by atoms with E-state index in [1.54, 1.807) is 0 Å². The molecule has 4 nitrogen and oxygen atoms in total. The van der Waals surface area contributed by atoms with E-state index in [2.05, 4.69) is 5.32 Å². The zero-order valence-electron chi connectivity index (χ0n) is 10.8. The summed E-state index contributed by atoms with van der Waals surface area (Å²) < 4.78 is 23.2. The van der Waals surface area contributed by atoms with E-state index in [0.717, 1.165) is 29.7 Å². The Balaban J connectivity index is 2.11. The van der Waals surface area contributed by atoms with Gasteiger partial charge >= 0.3 is 0 Å². The Bertz CT molecular complexity index is 597. The summed E-state index contributed by atoms with van der Waals surface area (Å²) in [4.78, 5) is 0.379. The van der Waals surface area contributed by atoms with Crippen molar-refractivity contribution in [1.29, 1.82) is 0 Å². The minimum atomic E-state index is -2.89. The predicted molar refractivity (Wildman–Crippen MR) is 82.4 cm³/mol. The molecule has 19 heavy (non-hydrogen) atoms. The van der Waals surface area contributed by atoms with Crippen LogP contribution in [0.1, 0.15) is 24.0 Å². The average molecular weight is 298 g/mol. The van der Waals surface area contributed by atoms with Crippen molar-refractivity contribution < 1.29 is 8.42 Å². The predicted octanol–water partition coefficient (Wildman–Crippen LogP) is 1.62. The van der Waals surface area contributed by atoms with Crippen LogP contribution in [0.5, 0.6) is 0 Å². The first-order chi connectivity index (χ1) is 8.87. The second-order valence-corrected chi connectivity index (χ2v) is 7.66. The van der Waals surface area contributed by atoms with Crippen LogP contribution < -0.4 is 11.1 Å². The lowest BCUT2D eigenvalue weighted by molar-refractivity contribution is 0.562. The Kier molecular flexibility index (Phi) is 4.10. The summed E-state index contributed by atoms with van der Waals surface area (Å²) in [5.41, 5.74) is 8.39. The third kappa shape index (κ3) is 3.67. The lowest BCUT2D eigenvalue weighted by Gasteiger charge is -2.24. The summed E-state index contributed by atoms with van der Waals surface area (Å²) in [6.45, 7) is 1.94. The molecule has 3 N–H and O–H groups in total. The van der Waals surface area contributed by atoms with E-state index in [1.165, 1.54) is 0 Å². The van der Waals surface area contributed by atoms with Crippen LogP contribution in [-0.4, -0.2) is 31.0 Å².